The minimum Gasteiger partial charge on any atom is -0.462 e. The van der Waals surface area contributed by atoms with Crippen LogP contribution in [0.25, 0.3) is 0 Å². The molecule has 0 fully saturated rings. The molecular weight excluding hydrogens is 268 g/mol. The Labute approximate surface area is 126 Å². The van der Waals surface area contributed by atoms with Crippen LogP contribution in [0.5, 0.6) is 0 Å². The van der Waals surface area contributed by atoms with Gasteiger partial charge in [-0.2, -0.15) is 0 Å². The largest absolute Gasteiger partial charge is 0.462 e. The average molecular weight is 292 g/mol. The van der Waals surface area contributed by atoms with E-state index in [1.165, 1.54) is 0 Å². The van der Waals surface area contributed by atoms with Gasteiger partial charge in [0.25, 0.3) is 0 Å². The lowest BCUT2D eigenvalue weighted by Crippen LogP contribution is -2.15. The van der Waals surface area contributed by atoms with Crippen molar-refractivity contribution in [1.29, 1.82) is 0 Å². The van der Waals surface area contributed by atoms with Crippen molar-refractivity contribution >= 4 is 17.6 Å². The smallest absolute Gasteiger partial charge is 0.338 e. The van der Waals surface area contributed by atoms with Gasteiger partial charge in [0, 0.05) is 12.1 Å². The van der Waals surface area contributed by atoms with Crippen LogP contribution in [0.4, 0.5) is 5.69 Å². The number of nitrogens with one attached hydrogen (secondary N) is 2. The highest BCUT2D eigenvalue weighted by Gasteiger charge is 2.07. The van der Waals surface area contributed by atoms with Crippen molar-refractivity contribution in [3.63, 3.8) is 0 Å². The standard InChI is InChI=1S/C16H24N2O3/c1-3-4-12-21-16(20)13-7-9-14(10-8-13)18-15(19)6-5-11-17-2/h7-10,17H,3-6,11-12H2,1-2H3,(H,18,19). The molecular formula is C16H24N2O3. The van der Waals surface area contributed by atoms with E-state index in [4.69, 9.17) is 4.74 Å². The summed E-state index contributed by atoms with van der Waals surface area (Å²) in [5.41, 5.74) is 1.19. The minimum absolute atomic E-state index is 0.0245. The zero-order chi connectivity index (χ0) is 15.5. The normalized spacial score (nSPS) is 10.2. The molecule has 0 unspecified atom stereocenters. The van der Waals surface area contributed by atoms with E-state index in [0.717, 1.165) is 25.8 Å². The van der Waals surface area contributed by atoms with E-state index in [-0.39, 0.29) is 11.9 Å². The maximum Gasteiger partial charge on any atom is 0.338 e. The number of hydrogen-bond acceptors (Lipinski definition) is 4. The zero-order valence-electron chi connectivity index (χ0n) is 12.8. The number of carbonyl (C=O) groups is 2. The second-order valence-corrected chi connectivity index (χ2v) is 4.82. The Kier molecular flexibility index (Phi) is 8.12. The second kappa shape index (κ2) is 9.94. The van der Waals surface area contributed by atoms with E-state index in [1.54, 1.807) is 24.3 Å². The SMILES string of the molecule is CCCCOC(=O)c1ccc(NC(=O)CCCNC)cc1. The Balaban J connectivity index is 2.42. The van der Waals surface area contributed by atoms with Gasteiger partial charge in [-0.15, -0.1) is 0 Å². The number of amides is 1. The summed E-state index contributed by atoms with van der Waals surface area (Å²) in [6, 6.07) is 6.76. The lowest BCUT2D eigenvalue weighted by molar-refractivity contribution is -0.116. The molecule has 0 saturated heterocycles. The summed E-state index contributed by atoms with van der Waals surface area (Å²) < 4.78 is 5.12. The van der Waals surface area contributed by atoms with Crippen LogP contribution in [0.3, 0.4) is 0 Å². The molecule has 0 saturated carbocycles. The number of hydrogen-bond donors (Lipinski definition) is 2. The van der Waals surface area contributed by atoms with Gasteiger partial charge in [-0.1, -0.05) is 13.3 Å². The van der Waals surface area contributed by atoms with Gasteiger partial charge in [-0.3, -0.25) is 4.79 Å². The molecule has 0 bridgehead atoms. The summed E-state index contributed by atoms with van der Waals surface area (Å²) >= 11 is 0. The Hall–Kier alpha value is -1.88. The lowest BCUT2D eigenvalue weighted by Gasteiger charge is -2.07. The molecule has 0 spiro atoms. The second-order valence-electron chi connectivity index (χ2n) is 4.82. The first-order chi connectivity index (χ1) is 10.2. The maximum absolute atomic E-state index is 11.7. The topological polar surface area (TPSA) is 67.4 Å². The monoisotopic (exact) mass is 292 g/mol. The molecule has 0 aliphatic heterocycles. The van der Waals surface area contributed by atoms with Gasteiger partial charge in [0.15, 0.2) is 0 Å². The van der Waals surface area contributed by atoms with Crippen molar-refractivity contribution in [2.24, 2.45) is 0 Å². The number of esters is 1. The van der Waals surface area contributed by atoms with E-state index in [9.17, 15) is 9.59 Å². The predicted octanol–water partition coefficient (Wildman–Crippen LogP) is 2.58. The number of unbranched alkanes of at least 4 members (excludes halogenated alkanes) is 1. The lowest BCUT2D eigenvalue weighted by atomic mass is 10.2. The fourth-order valence-corrected chi connectivity index (χ4v) is 1.73. The Morgan fingerprint density at radius 2 is 1.86 bits per heavy atom. The van der Waals surface area contributed by atoms with Gasteiger partial charge < -0.3 is 15.4 Å². The summed E-state index contributed by atoms with van der Waals surface area (Å²) in [6.45, 7) is 3.30. The summed E-state index contributed by atoms with van der Waals surface area (Å²) in [5, 5.41) is 5.80. The number of rotatable bonds is 9. The molecule has 0 heterocycles. The van der Waals surface area contributed by atoms with Crippen molar-refractivity contribution in [2.75, 3.05) is 25.5 Å². The van der Waals surface area contributed by atoms with Crippen LogP contribution in [0, 0.1) is 0 Å². The number of carbonyl (C=O) groups excluding carboxylic acids is 2. The summed E-state index contributed by atoms with van der Waals surface area (Å²) in [4.78, 5) is 23.4. The molecule has 116 valence electrons. The van der Waals surface area contributed by atoms with E-state index < -0.39 is 0 Å². The minimum atomic E-state index is -0.324. The number of anilines is 1. The number of benzene rings is 1. The van der Waals surface area contributed by atoms with Crippen LogP contribution in [-0.4, -0.2) is 32.1 Å². The van der Waals surface area contributed by atoms with Gasteiger partial charge >= 0.3 is 5.97 Å². The van der Waals surface area contributed by atoms with Crippen molar-refractivity contribution in [2.45, 2.75) is 32.6 Å². The predicted molar refractivity (Wildman–Crippen MR) is 83.4 cm³/mol. The molecule has 5 heteroatoms. The van der Waals surface area contributed by atoms with Gasteiger partial charge in [0.2, 0.25) is 5.91 Å². The third kappa shape index (κ3) is 6.90. The van der Waals surface area contributed by atoms with Crippen LogP contribution < -0.4 is 10.6 Å². The molecule has 0 aliphatic rings. The highest BCUT2D eigenvalue weighted by atomic mass is 16.5. The highest BCUT2D eigenvalue weighted by Crippen LogP contribution is 2.11. The number of ether oxygens (including phenoxy) is 1. The van der Waals surface area contributed by atoms with E-state index in [1.807, 2.05) is 14.0 Å². The van der Waals surface area contributed by atoms with Crippen molar-refractivity contribution < 1.29 is 14.3 Å². The highest BCUT2D eigenvalue weighted by molar-refractivity contribution is 5.93. The van der Waals surface area contributed by atoms with Crippen molar-refractivity contribution in [3.05, 3.63) is 29.8 Å². The molecule has 1 rings (SSSR count). The maximum atomic E-state index is 11.7. The first-order valence-corrected chi connectivity index (χ1v) is 7.39. The molecule has 2 N–H and O–H groups in total. The van der Waals surface area contributed by atoms with Gasteiger partial charge in [0.05, 0.1) is 12.2 Å². The first kappa shape index (κ1) is 17.2. The molecule has 1 amide bonds. The first-order valence-electron chi connectivity index (χ1n) is 7.39. The molecule has 1 aromatic carbocycles. The molecule has 0 radical (unpaired) electrons. The molecule has 21 heavy (non-hydrogen) atoms. The fraction of sp³-hybridized carbons (Fsp3) is 0.500. The molecule has 0 atom stereocenters. The Morgan fingerprint density at radius 1 is 1.14 bits per heavy atom. The van der Waals surface area contributed by atoms with Crippen LogP contribution in [0.1, 0.15) is 43.0 Å². The van der Waals surface area contributed by atoms with E-state index in [2.05, 4.69) is 10.6 Å². The third-order valence-corrected chi connectivity index (χ3v) is 2.97. The summed E-state index contributed by atoms with van der Waals surface area (Å²) in [5.74, 6) is -0.348. The van der Waals surface area contributed by atoms with Crippen molar-refractivity contribution in [1.82, 2.24) is 5.32 Å². The van der Waals surface area contributed by atoms with Gasteiger partial charge in [-0.25, -0.2) is 4.79 Å². The summed E-state index contributed by atoms with van der Waals surface area (Å²) in [7, 11) is 1.86. The van der Waals surface area contributed by atoms with E-state index >= 15 is 0 Å². The van der Waals surface area contributed by atoms with Gasteiger partial charge in [-0.05, 0) is 50.7 Å². The Morgan fingerprint density at radius 3 is 2.48 bits per heavy atom. The van der Waals surface area contributed by atoms with Crippen LogP contribution in [0.2, 0.25) is 0 Å². The van der Waals surface area contributed by atoms with Crippen LogP contribution in [-0.2, 0) is 9.53 Å². The molecule has 0 aromatic heterocycles. The van der Waals surface area contributed by atoms with E-state index in [0.29, 0.717) is 24.3 Å². The third-order valence-electron chi connectivity index (χ3n) is 2.97. The quantitative estimate of drug-likeness (QED) is 0.542. The molecule has 0 aliphatic carbocycles. The fourth-order valence-electron chi connectivity index (χ4n) is 1.73. The molecule has 5 nitrogen and oxygen atoms in total. The van der Waals surface area contributed by atoms with Crippen molar-refractivity contribution in [3.8, 4) is 0 Å². The molecule has 1 aromatic rings. The summed E-state index contributed by atoms with van der Waals surface area (Å²) in [6.07, 6.45) is 3.13. The Bertz CT molecular complexity index is 443. The average Bonchev–Trinajstić information content (AvgIpc) is 2.48. The van der Waals surface area contributed by atoms with Crippen LogP contribution >= 0.6 is 0 Å². The van der Waals surface area contributed by atoms with Crippen LogP contribution in [0.15, 0.2) is 24.3 Å². The van der Waals surface area contributed by atoms with Gasteiger partial charge in [0.1, 0.15) is 0 Å². The zero-order valence-corrected chi connectivity index (χ0v) is 12.8.